The van der Waals surface area contributed by atoms with Gasteiger partial charge in [0.15, 0.2) is 0 Å². The summed E-state index contributed by atoms with van der Waals surface area (Å²) in [5.74, 6) is -0.317. The van der Waals surface area contributed by atoms with Crippen LogP contribution in [0.1, 0.15) is 26.2 Å². The molecule has 0 saturated heterocycles. The molecule has 0 aromatic carbocycles. The Morgan fingerprint density at radius 3 is 2.53 bits per heavy atom. The average molecular weight is 236 g/mol. The van der Waals surface area contributed by atoms with Gasteiger partial charge >= 0.3 is 0 Å². The molecule has 1 atom stereocenters. The van der Waals surface area contributed by atoms with Crippen molar-refractivity contribution in [1.29, 1.82) is 0 Å². The van der Waals surface area contributed by atoms with Gasteiger partial charge in [0.1, 0.15) is 9.84 Å². The highest BCUT2D eigenvalue weighted by Gasteiger charge is 2.14. The Balaban J connectivity index is 3.79. The highest BCUT2D eigenvalue weighted by atomic mass is 32.2. The van der Waals surface area contributed by atoms with Crippen LogP contribution in [0.15, 0.2) is 0 Å². The average Bonchev–Trinajstić information content (AvgIpc) is 2.13. The molecule has 0 spiro atoms. The molecular formula is C9H20N2O3S. The molecule has 0 aliphatic rings. The Bertz CT molecular complexity index is 288. The van der Waals surface area contributed by atoms with Crippen LogP contribution in [0.3, 0.4) is 0 Å². The van der Waals surface area contributed by atoms with Gasteiger partial charge < -0.3 is 11.1 Å². The van der Waals surface area contributed by atoms with Crippen molar-refractivity contribution in [3.05, 3.63) is 0 Å². The Labute approximate surface area is 91.3 Å². The summed E-state index contributed by atoms with van der Waals surface area (Å²) < 4.78 is 21.7. The third-order valence-corrected chi connectivity index (χ3v) is 2.94. The highest BCUT2D eigenvalue weighted by molar-refractivity contribution is 7.90. The van der Waals surface area contributed by atoms with E-state index in [0.29, 0.717) is 6.54 Å². The van der Waals surface area contributed by atoms with Crippen LogP contribution < -0.4 is 11.1 Å². The van der Waals surface area contributed by atoms with Crippen LogP contribution in [0.25, 0.3) is 0 Å². The van der Waals surface area contributed by atoms with Gasteiger partial charge in [-0.2, -0.15) is 0 Å². The molecule has 1 amide bonds. The number of rotatable bonds is 7. The SMILES string of the molecule is CCCCNC(=O)C(N)CCS(C)(=O)=O. The smallest absolute Gasteiger partial charge is 0.236 e. The van der Waals surface area contributed by atoms with Gasteiger partial charge in [0.05, 0.1) is 11.8 Å². The van der Waals surface area contributed by atoms with E-state index in [1.807, 2.05) is 6.92 Å². The quantitative estimate of drug-likeness (QED) is 0.592. The molecular weight excluding hydrogens is 216 g/mol. The molecule has 5 nitrogen and oxygen atoms in total. The normalized spacial score (nSPS) is 13.5. The van der Waals surface area contributed by atoms with Crippen molar-refractivity contribution in [1.82, 2.24) is 5.32 Å². The van der Waals surface area contributed by atoms with Crippen molar-refractivity contribution in [2.24, 2.45) is 5.73 Å². The fourth-order valence-electron chi connectivity index (χ4n) is 0.992. The molecule has 1 unspecified atom stereocenters. The lowest BCUT2D eigenvalue weighted by Crippen LogP contribution is -2.41. The maximum Gasteiger partial charge on any atom is 0.236 e. The van der Waals surface area contributed by atoms with Gasteiger partial charge in [0.25, 0.3) is 0 Å². The van der Waals surface area contributed by atoms with Gasteiger partial charge in [-0.3, -0.25) is 4.79 Å². The van der Waals surface area contributed by atoms with Crippen molar-refractivity contribution in [2.75, 3.05) is 18.6 Å². The molecule has 0 aromatic heterocycles. The second-order valence-electron chi connectivity index (χ2n) is 3.67. The van der Waals surface area contributed by atoms with Crippen molar-refractivity contribution in [2.45, 2.75) is 32.2 Å². The maximum absolute atomic E-state index is 11.3. The molecule has 3 N–H and O–H groups in total. The van der Waals surface area contributed by atoms with Gasteiger partial charge in [0.2, 0.25) is 5.91 Å². The van der Waals surface area contributed by atoms with Crippen molar-refractivity contribution < 1.29 is 13.2 Å². The molecule has 0 aliphatic heterocycles. The van der Waals surface area contributed by atoms with Crippen LogP contribution in [0, 0.1) is 0 Å². The van der Waals surface area contributed by atoms with Crippen molar-refractivity contribution in [3.63, 3.8) is 0 Å². The molecule has 0 bridgehead atoms. The monoisotopic (exact) mass is 236 g/mol. The summed E-state index contributed by atoms with van der Waals surface area (Å²) in [6, 6.07) is -0.725. The first kappa shape index (κ1) is 14.4. The topological polar surface area (TPSA) is 89.3 Å². The zero-order chi connectivity index (χ0) is 11.9. The van der Waals surface area contributed by atoms with Crippen LogP contribution in [-0.2, 0) is 14.6 Å². The zero-order valence-corrected chi connectivity index (χ0v) is 10.1. The molecule has 0 rings (SSSR count). The number of nitrogens with one attached hydrogen (secondary N) is 1. The summed E-state index contributed by atoms with van der Waals surface area (Å²) in [5, 5.41) is 2.66. The number of carbonyl (C=O) groups is 1. The first-order valence-electron chi connectivity index (χ1n) is 5.08. The van der Waals surface area contributed by atoms with Crippen LogP contribution in [0.5, 0.6) is 0 Å². The number of amides is 1. The van der Waals surface area contributed by atoms with E-state index in [1.165, 1.54) is 0 Å². The summed E-state index contributed by atoms with van der Waals surface area (Å²) in [5.41, 5.74) is 5.53. The minimum Gasteiger partial charge on any atom is -0.355 e. The van der Waals surface area contributed by atoms with E-state index in [0.717, 1.165) is 19.1 Å². The second-order valence-corrected chi connectivity index (χ2v) is 5.93. The summed E-state index contributed by atoms with van der Waals surface area (Å²) in [4.78, 5) is 11.3. The minimum atomic E-state index is -3.04. The van der Waals surface area contributed by atoms with Crippen LogP contribution in [-0.4, -0.2) is 38.9 Å². The Kier molecular flexibility index (Phi) is 6.51. The molecule has 90 valence electrons. The number of unbranched alkanes of at least 4 members (excludes halogenated alkanes) is 1. The van der Waals surface area contributed by atoms with E-state index in [2.05, 4.69) is 5.32 Å². The Morgan fingerprint density at radius 1 is 1.47 bits per heavy atom. The fraction of sp³-hybridized carbons (Fsp3) is 0.889. The lowest BCUT2D eigenvalue weighted by atomic mass is 10.2. The Hall–Kier alpha value is -0.620. The maximum atomic E-state index is 11.3. The van der Waals surface area contributed by atoms with Gasteiger partial charge in [-0.15, -0.1) is 0 Å². The molecule has 0 aliphatic carbocycles. The van der Waals surface area contributed by atoms with Gasteiger partial charge in [-0.05, 0) is 12.8 Å². The molecule has 0 radical (unpaired) electrons. The summed E-state index contributed by atoms with van der Waals surface area (Å²) in [7, 11) is -3.04. The van der Waals surface area contributed by atoms with E-state index < -0.39 is 15.9 Å². The predicted octanol–water partition coefficient (Wildman–Crippen LogP) is -0.335. The Morgan fingerprint density at radius 2 is 2.07 bits per heavy atom. The third-order valence-electron chi connectivity index (χ3n) is 1.97. The first-order chi connectivity index (χ1) is 6.87. The standard InChI is InChI=1S/C9H20N2O3S/c1-3-4-6-11-9(12)8(10)5-7-15(2,13)14/h8H,3-7,10H2,1-2H3,(H,11,12). The summed E-state index contributed by atoms with van der Waals surface area (Å²) in [6.45, 7) is 2.62. The predicted molar refractivity (Wildman–Crippen MR) is 60.2 cm³/mol. The largest absolute Gasteiger partial charge is 0.355 e. The molecule has 15 heavy (non-hydrogen) atoms. The zero-order valence-electron chi connectivity index (χ0n) is 9.32. The number of sulfone groups is 1. The summed E-state index contributed by atoms with van der Waals surface area (Å²) >= 11 is 0. The number of nitrogens with two attached hydrogens (primary N) is 1. The molecule has 0 saturated carbocycles. The van der Waals surface area contributed by atoms with Crippen LogP contribution in [0.2, 0.25) is 0 Å². The van der Waals surface area contributed by atoms with Crippen LogP contribution in [0.4, 0.5) is 0 Å². The fourth-order valence-corrected chi connectivity index (χ4v) is 1.67. The third kappa shape index (κ3) is 8.38. The highest BCUT2D eigenvalue weighted by Crippen LogP contribution is 1.94. The minimum absolute atomic E-state index is 0.0463. The molecule has 0 aromatic rings. The summed E-state index contributed by atoms with van der Waals surface area (Å²) in [6.07, 6.45) is 3.22. The van der Waals surface area contributed by atoms with E-state index in [1.54, 1.807) is 0 Å². The number of hydrogen-bond acceptors (Lipinski definition) is 4. The number of carbonyl (C=O) groups excluding carboxylic acids is 1. The van der Waals surface area contributed by atoms with Gasteiger partial charge in [0, 0.05) is 12.8 Å². The lowest BCUT2D eigenvalue weighted by molar-refractivity contribution is -0.122. The van der Waals surface area contributed by atoms with E-state index in [9.17, 15) is 13.2 Å². The molecule has 0 fully saturated rings. The molecule has 0 heterocycles. The van der Waals surface area contributed by atoms with E-state index >= 15 is 0 Å². The van der Waals surface area contributed by atoms with Crippen molar-refractivity contribution >= 4 is 15.7 Å². The van der Waals surface area contributed by atoms with Crippen molar-refractivity contribution in [3.8, 4) is 0 Å². The van der Waals surface area contributed by atoms with Crippen LogP contribution >= 0.6 is 0 Å². The first-order valence-corrected chi connectivity index (χ1v) is 7.14. The van der Waals surface area contributed by atoms with Gasteiger partial charge in [-0.25, -0.2) is 8.42 Å². The van der Waals surface area contributed by atoms with E-state index in [-0.39, 0.29) is 18.1 Å². The second kappa shape index (κ2) is 6.79. The number of hydrogen-bond donors (Lipinski definition) is 2. The van der Waals surface area contributed by atoms with Gasteiger partial charge in [-0.1, -0.05) is 13.3 Å². The molecule has 6 heteroatoms. The lowest BCUT2D eigenvalue weighted by Gasteiger charge is -2.11. The van der Waals surface area contributed by atoms with E-state index in [4.69, 9.17) is 5.73 Å².